The molecule has 0 aromatic heterocycles. The lowest BCUT2D eigenvalue weighted by Crippen LogP contribution is -2.40. The highest BCUT2D eigenvalue weighted by Gasteiger charge is 1.93. The van der Waals surface area contributed by atoms with Crippen molar-refractivity contribution in [3.05, 3.63) is 0 Å². The summed E-state index contributed by atoms with van der Waals surface area (Å²) < 4.78 is 0. The number of hydrogen-bond acceptors (Lipinski definition) is 4. The van der Waals surface area contributed by atoms with E-state index in [0.717, 1.165) is 0 Å². The van der Waals surface area contributed by atoms with Crippen LogP contribution < -0.4 is 22.3 Å². The third kappa shape index (κ3) is 6.86. The van der Waals surface area contributed by atoms with Crippen molar-refractivity contribution < 1.29 is 14.7 Å². The van der Waals surface area contributed by atoms with Crippen LogP contribution in [0.15, 0.2) is 0 Å². The number of carbonyl (C=O) groups excluding carboxylic acids is 2. The lowest BCUT2D eigenvalue weighted by atomic mass is 10.5. The van der Waals surface area contributed by atoms with Gasteiger partial charge in [0.15, 0.2) is 0 Å². The van der Waals surface area contributed by atoms with Crippen LogP contribution in [0, 0.1) is 0 Å². The Morgan fingerprint density at radius 3 is 2.30 bits per heavy atom. The maximum absolute atomic E-state index is 10.2. The molecule has 0 rings (SSSR count). The molecular formula is C4H11N3O3. The summed E-state index contributed by atoms with van der Waals surface area (Å²) in [7, 11) is 0. The second-order valence-corrected chi connectivity index (χ2v) is 1.35. The lowest BCUT2D eigenvalue weighted by molar-refractivity contribution is -0.303. The van der Waals surface area contributed by atoms with Gasteiger partial charge in [0, 0.05) is 0 Å². The third-order valence-corrected chi connectivity index (χ3v) is 0.615. The van der Waals surface area contributed by atoms with Crippen molar-refractivity contribution in [2.24, 2.45) is 5.73 Å². The monoisotopic (exact) mass is 149 g/mol. The Hall–Kier alpha value is -1.14. The predicted octanol–water partition coefficient (Wildman–Crippen LogP) is -2.81. The number of amides is 1. The van der Waals surface area contributed by atoms with Crippen molar-refractivity contribution in [1.82, 2.24) is 11.5 Å². The van der Waals surface area contributed by atoms with Gasteiger partial charge in [-0.05, 0) is 0 Å². The van der Waals surface area contributed by atoms with E-state index in [0.29, 0.717) is 0 Å². The Balaban J connectivity index is 0. The minimum atomic E-state index is -1.32. The van der Waals surface area contributed by atoms with E-state index in [9.17, 15) is 14.7 Å². The van der Waals surface area contributed by atoms with Gasteiger partial charge < -0.3 is 27.1 Å². The summed E-state index contributed by atoms with van der Waals surface area (Å²) in [6.45, 7) is -0.677. The SMILES string of the molecule is NCC(=O)NCC(=O)[O-].[NH4+]. The van der Waals surface area contributed by atoms with E-state index >= 15 is 0 Å². The van der Waals surface area contributed by atoms with Crippen molar-refractivity contribution in [3.8, 4) is 0 Å². The van der Waals surface area contributed by atoms with Crippen molar-refractivity contribution >= 4 is 11.9 Å². The molecule has 6 heteroatoms. The Morgan fingerprint density at radius 1 is 1.50 bits per heavy atom. The minimum absolute atomic E-state index is 0. The number of hydrogen-bond donors (Lipinski definition) is 3. The van der Waals surface area contributed by atoms with E-state index in [2.05, 4.69) is 0 Å². The number of carboxylic acid groups (broad SMARTS) is 1. The van der Waals surface area contributed by atoms with Gasteiger partial charge in [0.2, 0.25) is 5.91 Å². The molecular weight excluding hydrogens is 138 g/mol. The van der Waals surface area contributed by atoms with Crippen LogP contribution >= 0.6 is 0 Å². The summed E-state index contributed by atoms with van der Waals surface area (Å²) in [6.07, 6.45) is 0. The van der Waals surface area contributed by atoms with E-state index in [1.165, 1.54) is 0 Å². The first kappa shape index (κ1) is 11.6. The van der Waals surface area contributed by atoms with Crippen LogP contribution in [-0.2, 0) is 9.59 Å². The first-order valence-corrected chi connectivity index (χ1v) is 2.33. The number of carboxylic acids is 1. The van der Waals surface area contributed by atoms with E-state index in [1.54, 1.807) is 0 Å². The lowest BCUT2D eigenvalue weighted by Gasteiger charge is -2.01. The third-order valence-electron chi connectivity index (χ3n) is 0.615. The number of nitrogens with one attached hydrogen (secondary N) is 1. The van der Waals surface area contributed by atoms with E-state index in [1.807, 2.05) is 5.32 Å². The van der Waals surface area contributed by atoms with E-state index in [-0.39, 0.29) is 12.7 Å². The Labute approximate surface area is 58.0 Å². The molecule has 0 aromatic rings. The van der Waals surface area contributed by atoms with Gasteiger partial charge in [0.05, 0.1) is 19.1 Å². The number of aliphatic carboxylic acids is 1. The van der Waals surface area contributed by atoms with Gasteiger partial charge in [-0.2, -0.15) is 0 Å². The van der Waals surface area contributed by atoms with Crippen LogP contribution in [0.1, 0.15) is 0 Å². The predicted molar refractivity (Wildman–Crippen MR) is 33.1 cm³/mol. The molecule has 0 aliphatic rings. The maximum atomic E-state index is 10.2. The second-order valence-electron chi connectivity index (χ2n) is 1.35. The molecule has 1 amide bonds. The quantitative estimate of drug-likeness (QED) is 0.399. The smallest absolute Gasteiger partial charge is 0.234 e. The average Bonchev–Trinajstić information content (AvgIpc) is 1.83. The molecule has 0 aromatic carbocycles. The average molecular weight is 149 g/mol. The number of rotatable bonds is 3. The van der Waals surface area contributed by atoms with Gasteiger partial charge in [-0.1, -0.05) is 0 Å². The van der Waals surface area contributed by atoms with Crippen molar-refractivity contribution in [1.29, 1.82) is 0 Å². The highest BCUT2D eigenvalue weighted by molar-refractivity contribution is 5.81. The summed E-state index contributed by atoms with van der Waals surface area (Å²) in [6, 6.07) is 0. The summed E-state index contributed by atoms with van der Waals surface area (Å²) >= 11 is 0. The van der Waals surface area contributed by atoms with Gasteiger partial charge in [0.25, 0.3) is 0 Å². The molecule has 10 heavy (non-hydrogen) atoms. The second kappa shape index (κ2) is 5.99. The summed E-state index contributed by atoms with van der Waals surface area (Å²) in [5.41, 5.74) is 4.83. The molecule has 0 aliphatic carbocycles. The molecule has 0 saturated heterocycles. The van der Waals surface area contributed by atoms with Crippen LogP contribution in [-0.4, -0.2) is 25.0 Å². The molecule has 0 unspecified atom stereocenters. The zero-order valence-corrected chi connectivity index (χ0v) is 5.72. The fourth-order valence-electron chi connectivity index (χ4n) is 0.243. The van der Waals surface area contributed by atoms with Crippen LogP contribution in [0.2, 0.25) is 0 Å². The first-order valence-electron chi connectivity index (χ1n) is 2.33. The highest BCUT2D eigenvalue weighted by Crippen LogP contribution is 1.57. The van der Waals surface area contributed by atoms with Gasteiger partial charge in [0.1, 0.15) is 0 Å². The van der Waals surface area contributed by atoms with Gasteiger partial charge in [-0.25, -0.2) is 0 Å². The number of quaternary nitrogens is 1. The van der Waals surface area contributed by atoms with Crippen LogP contribution in [0.25, 0.3) is 0 Å². The molecule has 0 heterocycles. The highest BCUT2D eigenvalue weighted by atomic mass is 16.4. The maximum Gasteiger partial charge on any atom is 0.234 e. The zero-order valence-electron chi connectivity index (χ0n) is 5.72. The van der Waals surface area contributed by atoms with Gasteiger partial charge in [-0.3, -0.25) is 4.79 Å². The molecule has 0 radical (unpaired) electrons. The fraction of sp³-hybridized carbons (Fsp3) is 0.500. The Kier molecular flexibility index (Phi) is 6.96. The largest absolute Gasteiger partial charge is 0.548 e. The molecule has 60 valence electrons. The van der Waals surface area contributed by atoms with Crippen molar-refractivity contribution in [3.63, 3.8) is 0 Å². The summed E-state index contributed by atoms with van der Waals surface area (Å²) in [5, 5.41) is 11.7. The molecule has 0 atom stereocenters. The van der Waals surface area contributed by atoms with Crippen LogP contribution in [0.4, 0.5) is 0 Å². The molecule has 0 fully saturated rings. The topological polar surface area (TPSA) is 132 Å². The normalized spacial score (nSPS) is 7.70. The van der Waals surface area contributed by atoms with Crippen molar-refractivity contribution in [2.45, 2.75) is 0 Å². The molecule has 0 saturated carbocycles. The molecule has 0 spiro atoms. The molecule has 0 aliphatic heterocycles. The minimum Gasteiger partial charge on any atom is -0.548 e. The fourth-order valence-corrected chi connectivity index (χ4v) is 0.243. The number of carbonyl (C=O) groups is 2. The Morgan fingerprint density at radius 2 is 2.00 bits per heavy atom. The summed E-state index contributed by atoms with van der Waals surface area (Å²) in [5.74, 6) is -1.82. The standard InChI is InChI=1S/C4H8N2O3.H3N/c5-1-3(7)6-2-4(8)9;/h1-2,5H2,(H,6,7)(H,8,9);1H3. The first-order chi connectivity index (χ1) is 4.16. The summed E-state index contributed by atoms with van der Waals surface area (Å²) in [4.78, 5) is 19.8. The van der Waals surface area contributed by atoms with Crippen LogP contribution in [0.5, 0.6) is 0 Å². The van der Waals surface area contributed by atoms with Gasteiger partial charge >= 0.3 is 0 Å². The molecule has 0 bridgehead atoms. The number of nitrogens with two attached hydrogens (primary N) is 1. The van der Waals surface area contributed by atoms with Crippen molar-refractivity contribution in [2.75, 3.05) is 13.1 Å². The molecule has 7 N–H and O–H groups in total. The Bertz CT molecular complexity index is 125. The molecule has 6 nitrogen and oxygen atoms in total. The van der Waals surface area contributed by atoms with Gasteiger partial charge in [-0.15, -0.1) is 0 Å². The van der Waals surface area contributed by atoms with Crippen LogP contribution in [0.3, 0.4) is 0 Å². The van der Waals surface area contributed by atoms with E-state index < -0.39 is 18.4 Å². The zero-order chi connectivity index (χ0) is 7.28. The van der Waals surface area contributed by atoms with E-state index in [4.69, 9.17) is 5.73 Å².